The maximum Gasteiger partial charge on any atom is 0.326 e. The zero-order chi connectivity index (χ0) is 33.5. The summed E-state index contributed by atoms with van der Waals surface area (Å²) < 4.78 is 11.1. The van der Waals surface area contributed by atoms with Crippen molar-refractivity contribution in [3.05, 3.63) is 5.82 Å². The Labute approximate surface area is 287 Å². The van der Waals surface area contributed by atoms with Gasteiger partial charge in [0, 0.05) is 25.9 Å². The largest absolute Gasteiger partial charge is 0.480 e. The highest BCUT2D eigenvalue weighted by Crippen LogP contribution is 2.13. The van der Waals surface area contributed by atoms with Gasteiger partial charge in [0.25, 0.3) is 0 Å². The number of alkyl halides is 1. The lowest BCUT2D eigenvalue weighted by molar-refractivity contribution is -0.142. The molecule has 1 aromatic rings. The number of hydrogen-bond acceptors (Lipinski definition) is 9. The molecule has 0 fully saturated rings. The summed E-state index contributed by atoms with van der Waals surface area (Å²) in [5.41, 5.74) is 0. The van der Waals surface area contributed by atoms with Crippen LogP contribution in [0.5, 0.6) is 0 Å². The van der Waals surface area contributed by atoms with Crippen LogP contribution in [0.4, 0.5) is 0 Å². The summed E-state index contributed by atoms with van der Waals surface area (Å²) in [6, 6.07) is -1.00. The maximum absolute atomic E-state index is 12.0. The van der Waals surface area contributed by atoms with Crippen LogP contribution >= 0.6 is 22.6 Å². The second-order valence-corrected chi connectivity index (χ2v) is 12.2. The third-order valence-electron chi connectivity index (χ3n) is 7.38. The number of hydrogen-bond donors (Lipinski definition) is 5. The van der Waals surface area contributed by atoms with E-state index in [-0.39, 0.29) is 38.1 Å². The Hall–Kier alpha value is -2.40. The molecule has 0 aromatic carbocycles. The number of nitrogens with zero attached hydrogens (tertiary/aromatic N) is 3. The number of aromatic amines is 1. The van der Waals surface area contributed by atoms with Gasteiger partial charge in [0.15, 0.2) is 0 Å². The molecule has 1 rings (SSSR count). The molecule has 0 bridgehead atoms. The number of halogens is 1. The highest BCUT2D eigenvalue weighted by Gasteiger charge is 2.19. The molecule has 264 valence electrons. The Morgan fingerprint density at radius 2 is 1.33 bits per heavy atom. The molecule has 0 aliphatic rings. The molecule has 0 saturated heterocycles. The summed E-state index contributed by atoms with van der Waals surface area (Å²) >= 11 is 1.97. The van der Waals surface area contributed by atoms with E-state index < -0.39 is 17.9 Å². The number of carbonyl (C=O) groups excluding carboxylic acids is 3. The zero-order valence-corrected chi connectivity index (χ0v) is 29.5. The van der Waals surface area contributed by atoms with E-state index in [1.54, 1.807) is 0 Å². The van der Waals surface area contributed by atoms with E-state index in [9.17, 15) is 24.3 Å². The fraction of sp³-hybridized carbons (Fsp3) is 0.839. The zero-order valence-electron chi connectivity index (χ0n) is 27.4. The molecular formula is C31H56IN7O7. The summed E-state index contributed by atoms with van der Waals surface area (Å²) in [5, 5.41) is 31.2. The minimum Gasteiger partial charge on any atom is -0.480 e. The third kappa shape index (κ3) is 25.8. The van der Waals surface area contributed by atoms with Crippen molar-refractivity contribution < 1.29 is 33.8 Å². The fourth-order valence-electron chi connectivity index (χ4n) is 4.78. The molecule has 0 radical (unpaired) electrons. The number of aliphatic carboxylic acids is 1. The van der Waals surface area contributed by atoms with Gasteiger partial charge < -0.3 is 30.5 Å². The first kappa shape index (κ1) is 41.6. The number of amides is 3. The first-order valence-corrected chi connectivity index (χ1v) is 18.4. The van der Waals surface area contributed by atoms with Crippen molar-refractivity contribution in [2.45, 2.75) is 122 Å². The number of carboxylic acid groups (broad SMARTS) is 1. The molecule has 46 heavy (non-hydrogen) atoms. The van der Waals surface area contributed by atoms with Crippen LogP contribution in [0.1, 0.15) is 115 Å². The number of carboxylic acids is 1. The van der Waals surface area contributed by atoms with Crippen molar-refractivity contribution in [3.8, 4) is 0 Å². The number of aryl methyl sites for hydroxylation is 1. The van der Waals surface area contributed by atoms with Crippen molar-refractivity contribution in [2.75, 3.05) is 43.9 Å². The predicted molar refractivity (Wildman–Crippen MR) is 182 cm³/mol. The fourth-order valence-corrected chi connectivity index (χ4v) is 5.05. The van der Waals surface area contributed by atoms with Crippen LogP contribution in [0.25, 0.3) is 0 Å². The van der Waals surface area contributed by atoms with Gasteiger partial charge in [-0.2, -0.15) is 0 Å². The van der Waals surface area contributed by atoms with E-state index in [0.717, 1.165) is 31.5 Å². The smallest absolute Gasteiger partial charge is 0.326 e. The number of unbranched alkanes of at least 4 members (excludes halogenated alkanes) is 13. The number of nitrogens with one attached hydrogen (secondary N) is 4. The van der Waals surface area contributed by atoms with Crippen molar-refractivity contribution >= 4 is 46.3 Å². The lowest BCUT2D eigenvalue weighted by Gasteiger charge is -2.14. The Kier molecular flexibility index (Phi) is 27.1. The quantitative estimate of drug-likeness (QED) is 0.0410. The molecule has 0 spiro atoms. The molecule has 1 unspecified atom stereocenters. The number of aromatic nitrogens is 4. The van der Waals surface area contributed by atoms with Crippen molar-refractivity contribution in [1.29, 1.82) is 0 Å². The van der Waals surface area contributed by atoms with Crippen LogP contribution in [0.3, 0.4) is 0 Å². The third-order valence-corrected chi connectivity index (χ3v) is 8.07. The molecule has 14 nitrogen and oxygen atoms in total. The molecule has 5 N–H and O–H groups in total. The lowest BCUT2D eigenvalue weighted by atomic mass is 10.0. The molecule has 1 heterocycles. The molecule has 15 heteroatoms. The highest BCUT2D eigenvalue weighted by atomic mass is 127. The van der Waals surface area contributed by atoms with Gasteiger partial charge in [0.2, 0.25) is 17.7 Å². The normalized spacial score (nSPS) is 11.7. The second-order valence-electron chi connectivity index (χ2n) is 11.4. The van der Waals surface area contributed by atoms with Gasteiger partial charge in [0.05, 0.1) is 24.2 Å². The Morgan fingerprint density at radius 1 is 0.717 bits per heavy atom. The average molecular weight is 766 g/mol. The van der Waals surface area contributed by atoms with E-state index in [0.29, 0.717) is 43.4 Å². The molecule has 1 atom stereocenters. The number of H-pyrrole nitrogens is 1. The van der Waals surface area contributed by atoms with Crippen LogP contribution in [-0.4, -0.2) is 99.4 Å². The molecule has 0 aliphatic heterocycles. The van der Waals surface area contributed by atoms with Crippen LogP contribution in [0, 0.1) is 0 Å². The summed E-state index contributed by atoms with van der Waals surface area (Å²) in [6.07, 6.45) is 18.8. The summed E-state index contributed by atoms with van der Waals surface area (Å²) in [4.78, 5) is 46.6. The first-order valence-electron chi connectivity index (χ1n) is 16.9. The standard InChI is InChI=1S/C31H56IN7O7/c32-24-29(41)33-19-15-14-16-26(31(43)44)35-30(42)25-46-23-22-45-21-20-34-28(40)18-13-11-9-7-5-3-1-2-4-6-8-10-12-17-27-36-38-39-37-27/h26H,1-25H2,(H,33,41)(H,34,40)(H,35,42)(H,43,44)(H,36,37,38,39). The maximum atomic E-state index is 12.0. The Bertz CT molecular complexity index is 925. The van der Waals surface area contributed by atoms with Crippen LogP contribution in [0.15, 0.2) is 0 Å². The molecule has 3 amide bonds. The number of rotatable bonds is 32. The first-order chi connectivity index (χ1) is 22.4. The average Bonchev–Trinajstić information content (AvgIpc) is 3.56. The van der Waals surface area contributed by atoms with Gasteiger partial charge in [-0.1, -0.05) is 93.2 Å². The number of ether oxygens (including phenoxy) is 2. The van der Waals surface area contributed by atoms with Crippen molar-refractivity contribution in [3.63, 3.8) is 0 Å². The minimum absolute atomic E-state index is 0.0323. The van der Waals surface area contributed by atoms with Crippen molar-refractivity contribution in [1.82, 2.24) is 36.6 Å². The van der Waals surface area contributed by atoms with Gasteiger partial charge in [-0.3, -0.25) is 14.4 Å². The number of carbonyl (C=O) groups is 4. The summed E-state index contributed by atoms with van der Waals surface area (Å²) in [7, 11) is 0. The molecule has 0 aliphatic carbocycles. The summed E-state index contributed by atoms with van der Waals surface area (Å²) in [6.45, 7) is 1.42. The van der Waals surface area contributed by atoms with Gasteiger partial charge in [0.1, 0.15) is 18.5 Å². The Balaban J connectivity index is 1.82. The van der Waals surface area contributed by atoms with Crippen molar-refractivity contribution in [2.24, 2.45) is 0 Å². The van der Waals surface area contributed by atoms with Gasteiger partial charge >= 0.3 is 5.97 Å². The molecular weight excluding hydrogens is 709 g/mol. The summed E-state index contributed by atoms with van der Waals surface area (Å²) in [5.74, 6) is -0.765. The SMILES string of the molecule is O=C(CI)NCCCCC(NC(=O)COCCOCCNC(=O)CCCCCCCCCCCCCCCc1nnn[nH]1)C(=O)O. The second kappa shape index (κ2) is 30.0. The van der Waals surface area contributed by atoms with Crippen LogP contribution in [-0.2, 0) is 35.1 Å². The molecule has 1 aromatic heterocycles. The highest BCUT2D eigenvalue weighted by molar-refractivity contribution is 14.1. The van der Waals surface area contributed by atoms with Crippen LogP contribution < -0.4 is 16.0 Å². The van der Waals surface area contributed by atoms with Gasteiger partial charge in [-0.05, 0) is 42.5 Å². The van der Waals surface area contributed by atoms with E-state index in [1.165, 1.54) is 64.2 Å². The molecule has 0 saturated carbocycles. The monoisotopic (exact) mass is 765 g/mol. The van der Waals surface area contributed by atoms with E-state index >= 15 is 0 Å². The topological polar surface area (TPSA) is 198 Å². The van der Waals surface area contributed by atoms with Gasteiger partial charge in [-0.25, -0.2) is 9.89 Å². The lowest BCUT2D eigenvalue weighted by Crippen LogP contribution is -2.42. The van der Waals surface area contributed by atoms with E-state index in [1.807, 2.05) is 22.6 Å². The minimum atomic E-state index is -1.11. The van der Waals surface area contributed by atoms with E-state index in [4.69, 9.17) is 9.47 Å². The van der Waals surface area contributed by atoms with Crippen LogP contribution in [0.2, 0.25) is 0 Å². The van der Waals surface area contributed by atoms with E-state index in [2.05, 4.69) is 36.6 Å². The Morgan fingerprint density at radius 3 is 1.93 bits per heavy atom. The van der Waals surface area contributed by atoms with Gasteiger partial charge in [-0.15, -0.1) is 5.10 Å². The number of tetrazole rings is 1. The predicted octanol–water partition coefficient (Wildman–Crippen LogP) is 3.64.